The van der Waals surface area contributed by atoms with Gasteiger partial charge in [-0.25, -0.2) is 4.98 Å². The van der Waals surface area contributed by atoms with E-state index in [4.69, 9.17) is 0 Å². The Bertz CT molecular complexity index is 787. The number of aromatic nitrogens is 4. The van der Waals surface area contributed by atoms with E-state index in [0.717, 1.165) is 37.8 Å². The highest BCUT2D eigenvalue weighted by atomic mass is 19.4. The van der Waals surface area contributed by atoms with E-state index in [1.165, 1.54) is 0 Å². The van der Waals surface area contributed by atoms with Crippen LogP contribution >= 0.6 is 0 Å². The van der Waals surface area contributed by atoms with Gasteiger partial charge < -0.3 is 15.5 Å². The standard InChI is InChI=1S/C17H24F3N7/c1-4-21-15-13(17(18,19)20)8-22-16(24-15)23-14-10-27(25-11(14)2)12-6-5-7-26(3)9-12/h8,10,12H,4-7,9H2,1-3H3,(H2,21,22,23,24)/t12-/m0/s1. The van der Waals surface area contributed by atoms with Crippen LogP contribution in [-0.4, -0.2) is 51.3 Å². The minimum atomic E-state index is -4.51. The second-order valence-corrected chi connectivity index (χ2v) is 6.78. The van der Waals surface area contributed by atoms with Crippen LogP contribution in [0.15, 0.2) is 12.4 Å². The summed E-state index contributed by atoms with van der Waals surface area (Å²) in [7, 11) is 2.08. The summed E-state index contributed by atoms with van der Waals surface area (Å²) in [4.78, 5) is 10.1. The molecule has 0 amide bonds. The highest BCUT2D eigenvalue weighted by molar-refractivity contribution is 5.58. The number of hydrogen-bond acceptors (Lipinski definition) is 6. The van der Waals surface area contributed by atoms with Gasteiger partial charge in [0.05, 0.1) is 17.4 Å². The van der Waals surface area contributed by atoms with Gasteiger partial charge in [0.1, 0.15) is 11.4 Å². The van der Waals surface area contributed by atoms with Crippen LogP contribution in [0, 0.1) is 6.92 Å². The molecule has 0 spiro atoms. The van der Waals surface area contributed by atoms with Crippen LogP contribution in [0.1, 0.15) is 37.1 Å². The van der Waals surface area contributed by atoms with Crippen LogP contribution in [-0.2, 0) is 6.18 Å². The molecule has 1 atom stereocenters. The van der Waals surface area contributed by atoms with E-state index < -0.39 is 11.7 Å². The maximum atomic E-state index is 13.1. The molecule has 0 bridgehead atoms. The average molecular weight is 383 g/mol. The molecule has 0 saturated carbocycles. The summed E-state index contributed by atoms with van der Waals surface area (Å²) < 4.78 is 41.2. The van der Waals surface area contributed by atoms with Gasteiger partial charge in [-0.1, -0.05) is 0 Å². The van der Waals surface area contributed by atoms with E-state index in [0.29, 0.717) is 12.2 Å². The number of alkyl halides is 3. The first-order valence-corrected chi connectivity index (χ1v) is 8.97. The molecule has 27 heavy (non-hydrogen) atoms. The second-order valence-electron chi connectivity index (χ2n) is 6.78. The molecule has 0 aromatic carbocycles. The summed E-state index contributed by atoms with van der Waals surface area (Å²) in [6.07, 6.45) is 0.309. The Hall–Kier alpha value is -2.36. The van der Waals surface area contributed by atoms with Gasteiger partial charge in [-0.3, -0.25) is 4.68 Å². The number of anilines is 3. The molecule has 3 heterocycles. The molecule has 1 saturated heterocycles. The van der Waals surface area contributed by atoms with Crippen molar-refractivity contribution in [3.8, 4) is 0 Å². The van der Waals surface area contributed by atoms with Gasteiger partial charge in [0.2, 0.25) is 5.95 Å². The van der Waals surface area contributed by atoms with E-state index in [1.807, 2.05) is 17.8 Å². The van der Waals surface area contributed by atoms with E-state index in [9.17, 15) is 13.2 Å². The quantitative estimate of drug-likeness (QED) is 0.824. The number of likely N-dealkylation sites (tertiary alicyclic amines) is 1. The highest BCUT2D eigenvalue weighted by Crippen LogP contribution is 2.34. The summed E-state index contributed by atoms with van der Waals surface area (Å²) in [5.74, 6) is -0.135. The third kappa shape index (κ3) is 4.49. The Morgan fingerprint density at radius 3 is 2.78 bits per heavy atom. The third-order valence-corrected chi connectivity index (χ3v) is 4.58. The van der Waals surface area contributed by atoms with Crippen LogP contribution in [0.25, 0.3) is 0 Å². The molecule has 1 aliphatic heterocycles. The maximum absolute atomic E-state index is 13.1. The first kappa shape index (κ1) is 19.4. The zero-order valence-corrected chi connectivity index (χ0v) is 15.6. The molecule has 0 aliphatic carbocycles. The van der Waals surface area contributed by atoms with Gasteiger partial charge in [-0.05, 0) is 40.3 Å². The molecule has 0 radical (unpaired) electrons. The molecule has 2 aromatic heterocycles. The topological polar surface area (TPSA) is 70.9 Å². The fraction of sp³-hybridized carbons (Fsp3) is 0.588. The molecule has 7 nitrogen and oxygen atoms in total. The van der Waals surface area contributed by atoms with Gasteiger partial charge in [0, 0.05) is 25.5 Å². The van der Waals surface area contributed by atoms with Crippen molar-refractivity contribution in [1.29, 1.82) is 0 Å². The number of rotatable bonds is 5. The van der Waals surface area contributed by atoms with Crippen molar-refractivity contribution in [3.05, 3.63) is 23.7 Å². The monoisotopic (exact) mass is 383 g/mol. The lowest BCUT2D eigenvalue weighted by atomic mass is 10.1. The minimum Gasteiger partial charge on any atom is -0.370 e. The van der Waals surface area contributed by atoms with Gasteiger partial charge in [0.15, 0.2) is 0 Å². The molecule has 3 rings (SSSR count). The molecular formula is C17H24F3N7. The Kier molecular flexibility index (Phi) is 5.54. The van der Waals surface area contributed by atoms with Crippen LogP contribution < -0.4 is 10.6 Å². The van der Waals surface area contributed by atoms with Crippen LogP contribution in [0.5, 0.6) is 0 Å². The Balaban J connectivity index is 1.82. The lowest BCUT2D eigenvalue weighted by Gasteiger charge is -2.29. The largest absolute Gasteiger partial charge is 0.421 e. The number of hydrogen-bond donors (Lipinski definition) is 2. The predicted octanol–water partition coefficient (Wildman–Crippen LogP) is 3.44. The summed E-state index contributed by atoms with van der Waals surface area (Å²) in [6.45, 7) is 5.88. The summed E-state index contributed by atoms with van der Waals surface area (Å²) in [5.41, 5.74) is 0.551. The van der Waals surface area contributed by atoms with E-state index in [2.05, 4.69) is 37.6 Å². The van der Waals surface area contributed by atoms with Crippen molar-refractivity contribution in [2.45, 2.75) is 38.9 Å². The molecule has 0 unspecified atom stereocenters. The number of nitrogens with zero attached hydrogens (tertiary/aromatic N) is 5. The normalized spacial score (nSPS) is 18.5. The molecular weight excluding hydrogens is 359 g/mol. The SMILES string of the molecule is CCNc1nc(Nc2cn([C@H]3CCCN(C)C3)nc2C)ncc1C(F)(F)F. The van der Waals surface area contributed by atoms with Crippen molar-refractivity contribution < 1.29 is 13.2 Å². The number of likely N-dealkylation sites (N-methyl/N-ethyl adjacent to an activating group) is 1. The molecule has 2 aromatic rings. The summed E-state index contributed by atoms with van der Waals surface area (Å²) >= 11 is 0. The highest BCUT2D eigenvalue weighted by Gasteiger charge is 2.35. The predicted molar refractivity (Wildman–Crippen MR) is 97.2 cm³/mol. The first-order chi connectivity index (χ1) is 12.8. The van der Waals surface area contributed by atoms with Crippen LogP contribution in [0.2, 0.25) is 0 Å². The number of piperidine rings is 1. The molecule has 148 valence electrons. The Morgan fingerprint density at radius 2 is 2.11 bits per heavy atom. The lowest BCUT2D eigenvalue weighted by molar-refractivity contribution is -0.137. The van der Waals surface area contributed by atoms with Crippen molar-refractivity contribution in [2.24, 2.45) is 0 Å². The summed E-state index contributed by atoms with van der Waals surface area (Å²) in [6, 6.07) is 0.281. The van der Waals surface area contributed by atoms with E-state index in [-0.39, 0.29) is 17.8 Å². The average Bonchev–Trinajstić information content (AvgIpc) is 2.95. The molecule has 1 fully saturated rings. The van der Waals surface area contributed by atoms with Crippen molar-refractivity contribution >= 4 is 17.5 Å². The third-order valence-electron chi connectivity index (χ3n) is 4.58. The zero-order valence-electron chi connectivity index (χ0n) is 15.6. The fourth-order valence-corrected chi connectivity index (χ4v) is 3.22. The van der Waals surface area contributed by atoms with Gasteiger partial charge in [0.25, 0.3) is 0 Å². The lowest BCUT2D eigenvalue weighted by Crippen LogP contribution is -2.33. The number of halogens is 3. The van der Waals surface area contributed by atoms with E-state index >= 15 is 0 Å². The smallest absolute Gasteiger partial charge is 0.370 e. The second kappa shape index (κ2) is 7.71. The van der Waals surface area contributed by atoms with Crippen molar-refractivity contribution in [2.75, 3.05) is 37.3 Å². The number of aryl methyl sites for hydroxylation is 1. The van der Waals surface area contributed by atoms with E-state index in [1.54, 1.807) is 6.92 Å². The van der Waals surface area contributed by atoms with Gasteiger partial charge in [-0.15, -0.1) is 0 Å². The van der Waals surface area contributed by atoms with Crippen molar-refractivity contribution in [1.82, 2.24) is 24.6 Å². The first-order valence-electron chi connectivity index (χ1n) is 8.97. The molecule has 2 N–H and O–H groups in total. The van der Waals surface area contributed by atoms with Crippen molar-refractivity contribution in [3.63, 3.8) is 0 Å². The minimum absolute atomic E-state index is 0.0994. The van der Waals surface area contributed by atoms with Gasteiger partial charge >= 0.3 is 6.18 Å². The van der Waals surface area contributed by atoms with Crippen LogP contribution in [0.4, 0.5) is 30.6 Å². The zero-order chi connectivity index (χ0) is 19.6. The Morgan fingerprint density at radius 1 is 1.33 bits per heavy atom. The molecule has 1 aliphatic rings. The molecule has 10 heteroatoms. The van der Waals surface area contributed by atoms with Crippen LogP contribution in [0.3, 0.4) is 0 Å². The fourth-order valence-electron chi connectivity index (χ4n) is 3.22. The van der Waals surface area contributed by atoms with Gasteiger partial charge in [-0.2, -0.15) is 23.3 Å². The maximum Gasteiger partial charge on any atom is 0.421 e. The Labute approximate surface area is 156 Å². The number of nitrogens with one attached hydrogen (secondary N) is 2. The summed E-state index contributed by atoms with van der Waals surface area (Å²) in [5, 5.41) is 10.2.